The van der Waals surface area contributed by atoms with E-state index in [9.17, 15) is 4.79 Å². The van der Waals surface area contributed by atoms with Crippen LogP contribution in [-0.4, -0.2) is 26.8 Å². The molecule has 20 heavy (non-hydrogen) atoms. The zero-order chi connectivity index (χ0) is 14.4. The van der Waals surface area contributed by atoms with E-state index < -0.39 is 6.04 Å². The molecule has 0 aliphatic heterocycles. The van der Waals surface area contributed by atoms with E-state index in [1.807, 2.05) is 0 Å². The third-order valence-corrected chi connectivity index (χ3v) is 3.00. The van der Waals surface area contributed by atoms with Gasteiger partial charge < -0.3 is 19.9 Å². The van der Waals surface area contributed by atoms with Crippen LogP contribution in [0.1, 0.15) is 24.9 Å². The molecule has 1 aromatic rings. The molecule has 0 radical (unpaired) electrons. The Labute approximate surface area is 129 Å². The summed E-state index contributed by atoms with van der Waals surface area (Å²) >= 11 is 6.21. The highest BCUT2D eigenvalue weighted by molar-refractivity contribution is 6.33. The van der Waals surface area contributed by atoms with Gasteiger partial charge in [-0.05, 0) is 18.6 Å². The molecule has 5 nitrogen and oxygen atoms in total. The van der Waals surface area contributed by atoms with Gasteiger partial charge in [-0.25, -0.2) is 0 Å². The first-order chi connectivity index (χ1) is 9.04. The zero-order valence-electron chi connectivity index (χ0n) is 11.6. The summed E-state index contributed by atoms with van der Waals surface area (Å²) in [6, 6.07) is 2.87. The Hall–Kier alpha value is -1.17. The van der Waals surface area contributed by atoms with Crippen LogP contribution in [0, 0.1) is 0 Å². The van der Waals surface area contributed by atoms with E-state index in [1.54, 1.807) is 19.1 Å². The van der Waals surface area contributed by atoms with Crippen LogP contribution in [0.25, 0.3) is 0 Å². The lowest BCUT2D eigenvalue weighted by atomic mass is 10.0. The normalized spacial score (nSPS) is 11.2. The Kier molecular flexibility index (Phi) is 8.37. The quantitative estimate of drug-likeness (QED) is 0.815. The second-order valence-electron chi connectivity index (χ2n) is 3.82. The van der Waals surface area contributed by atoms with Gasteiger partial charge >= 0.3 is 5.97 Å². The monoisotopic (exact) mass is 323 g/mol. The van der Waals surface area contributed by atoms with Gasteiger partial charge in [0.15, 0.2) is 11.5 Å². The molecule has 0 saturated carbocycles. The van der Waals surface area contributed by atoms with E-state index in [4.69, 9.17) is 31.5 Å². The Morgan fingerprint density at radius 3 is 2.50 bits per heavy atom. The van der Waals surface area contributed by atoms with Crippen molar-refractivity contribution < 1.29 is 19.0 Å². The zero-order valence-corrected chi connectivity index (χ0v) is 13.2. The summed E-state index contributed by atoms with van der Waals surface area (Å²) < 4.78 is 15.2. The highest BCUT2D eigenvalue weighted by Crippen LogP contribution is 2.39. The molecule has 0 aromatic heterocycles. The number of carbonyl (C=O) groups excluding carboxylic acids is 1. The summed E-state index contributed by atoms with van der Waals surface area (Å²) in [4.78, 5) is 11.4. The van der Waals surface area contributed by atoms with Crippen molar-refractivity contribution in [3.63, 3.8) is 0 Å². The number of nitrogens with two attached hydrogens (primary N) is 1. The standard InChI is InChI=1S/C13H18ClNO4.ClH/c1-4-19-11(16)7-9(15)8-5-6-10(17-2)13(18-3)12(8)14;/h5-6,9H,4,7,15H2,1-3H3;1H/t9-;/m1./s1. The summed E-state index contributed by atoms with van der Waals surface area (Å²) in [5, 5.41) is 0.346. The van der Waals surface area contributed by atoms with E-state index in [0.29, 0.717) is 28.7 Å². The van der Waals surface area contributed by atoms with Gasteiger partial charge in [-0.15, -0.1) is 12.4 Å². The molecular weight excluding hydrogens is 305 g/mol. The van der Waals surface area contributed by atoms with Crippen molar-refractivity contribution in [3.05, 3.63) is 22.7 Å². The predicted molar refractivity (Wildman–Crippen MR) is 80.0 cm³/mol. The van der Waals surface area contributed by atoms with Crippen molar-refractivity contribution in [1.29, 1.82) is 0 Å². The van der Waals surface area contributed by atoms with Gasteiger partial charge in [0.1, 0.15) is 0 Å². The number of halogens is 2. The third kappa shape index (κ3) is 4.44. The van der Waals surface area contributed by atoms with E-state index >= 15 is 0 Å². The average Bonchev–Trinajstić information content (AvgIpc) is 2.38. The summed E-state index contributed by atoms with van der Waals surface area (Å²) in [5.41, 5.74) is 6.58. The van der Waals surface area contributed by atoms with Gasteiger partial charge in [-0.1, -0.05) is 17.7 Å². The minimum atomic E-state index is -0.550. The van der Waals surface area contributed by atoms with Crippen molar-refractivity contribution in [2.45, 2.75) is 19.4 Å². The molecule has 0 heterocycles. The smallest absolute Gasteiger partial charge is 0.307 e. The molecule has 2 N–H and O–H groups in total. The molecule has 114 valence electrons. The molecule has 0 aliphatic rings. The lowest BCUT2D eigenvalue weighted by Gasteiger charge is -2.17. The van der Waals surface area contributed by atoms with E-state index in [0.717, 1.165) is 0 Å². The fourth-order valence-corrected chi connectivity index (χ4v) is 2.07. The fourth-order valence-electron chi connectivity index (χ4n) is 1.70. The second-order valence-corrected chi connectivity index (χ2v) is 4.20. The Morgan fingerprint density at radius 1 is 1.35 bits per heavy atom. The molecule has 0 fully saturated rings. The van der Waals surface area contributed by atoms with Crippen LogP contribution in [-0.2, 0) is 9.53 Å². The molecule has 0 unspecified atom stereocenters. The number of carbonyl (C=O) groups is 1. The van der Waals surface area contributed by atoms with Crippen molar-refractivity contribution in [2.24, 2.45) is 5.73 Å². The molecule has 1 atom stereocenters. The lowest BCUT2D eigenvalue weighted by Crippen LogP contribution is -2.17. The van der Waals surface area contributed by atoms with Crippen LogP contribution in [0.15, 0.2) is 12.1 Å². The van der Waals surface area contributed by atoms with Crippen molar-refractivity contribution in [3.8, 4) is 11.5 Å². The molecule has 0 spiro atoms. The maximum atomic E-state index is 11.4. The number of ether oxygens (including phenoxy) is 3. The lowest BCUT2D eigenvalue weighted by molar-refractivity contribution is -0.143. The van der Waals surface area contributed by atoms with Crippen molar-refractivity contribution in [2.75, 3.05) is 20.8 Å². The molecule has 7 heteroatoms. The molecule has 0 saturated heterocycles. The number of hydrogen-bond donors (Lipinski definition) is 1. The average molecular weight is 324 g/mol. The fraction of sp³-hybridized carbons (Fsp3) is 0.462. The minimum Gasteiger partial charge on any atom is -0.493 e. The first-order valence-corrected chi connectivity index (χ1v) is 6.24. The number of esters is 1. The maximum Gasteiger partial charge on any atom is 0.307 e. The maximum absolute atomic E-state index is 11.4. The number of methoxy groups -OCH3 is 2. The number of rotatable bonds is 6. The summed E-state index contributed by atoms with van der Waals surface area (Å²) in [6.07, 6.45) is 0.0586. The summed E-state index contributed by atoms with van der Waals surface area (Å²) in [6.45, 7) is 2.07. The molecule has 1 aromatic carbocycles. The third-order valence-electron chi connectivity index (χ3n) is 2.61. The SMILES string of the molecule is CCOC(=O)C[C@@H](N)c1ccc(OC)c(OC)c1Cl.Cl. The van der Waals surface area contributed by atoms with Gasteiger partial charge in [0.05, 0.1) is 32.3 Å². The molecule has 0 aliphatic carbocycles. The first-order valence-electron chi connectivity index (χ1n) is 5.86. The summed E-state index contributed by atoms with van der Waals surface area (Å²) in [5.74, 6) is 0.557. The highest BCUT2D eigenvalue weighted by atomic mass is 35.5. The van der Waals surface area contributed by atoms with Crippen LogP contribution in [0.3, 0.4) is 0 Å². The van der Waals surface area contributed by atoms with Crippen LogP contribution in [0.2, 0.25) is 5.02 Å². The molecular formula is C13H19Cl2NO4. The Morgan fingerprint density at radius 2 is 2.00 bits per heavy atom. The van der Waals surface area contributed by atoms with Crippen LogP contribution >= 0.6 is 24.0 Å². The van der Waals surface area contributed by atoms with Gasteiger partial charge in [-0.3, -0.25) is 4.79 Å². The number of hydrogen-bond acceptors (Lipinski definition) is 5. The van der Waals surface area contributed by atoms with Crippen LogP contribution in [0.5, 0.6) is 11.5 Å². The molecule has 0 amide bonds. The van der Waals surface area contributed by atoms with E-state index in [2.05, 4.69) is 0 Å². The first kappa shape index (κ1) is 18.8. The largest absolute Gasteiger partial charge is 0.493 e. The summed E-state index contributed by atoms with van der Waals surface area (Å²) in [7, 11) is 3.01. The van der Waals surface area contributed by atoms with Crippen molar-refractivity contribution >= 4 is 30.0 Å². The topological polar surface area (TPSA) is 70.8 Å². The van der Waals surface area contributed by atoms with Crippen molar-refractivity contribution in [1.82, 2.24) is 0 Å². The van der Waals surface area contributed by atoms with E-state index in [-0.39, 0.29) is 24.8 Å². The minimum absolute atomic E-state index is 0. The number of benzene rings is 1. The highest BCUT2D eigenvalue weighted by Gasteiger charge is 2.20. The van der Waals surface area contributed by atoms with Gasteiger partial charge in [0, 0.05) is 6.04 Å². The Bertz CT molecular complexity index is 454. The predicted octanol–water partition coefficient (Wildman–Crippen LogP) is 2.73. The van der Waals surface area contributed by atoms with E-state index in [1.165, 1.54) is 14.2 Å². The van der Waals surface area contributed by atoms with Gasteiger partial charge in [-0.2, -0.15) is 0 Å². The van der Waals surface area contributed by atoms with Crippen LogP contribution in [0.4, 0.5) is 0 Å². The Balaban J connectivity index is 0.00000361. The van der Waals surface area contributed by atoms with Gasteiger partial charge in [0.2, 0.25) is 0 Å². The van der Waals surface area contributed by atoms with Crippen LogP contribution < -0.4 is 15.2 Å². The molecule has 1 rings (SSSR count). The molecule has 0 bridgehead atoms. The van der Waals surface area contributed by atoms with Gasteiger partial charge in [0.25, 0.3) is 0 Å². The second kappa shape index (κ2) is 8.89.